The third kappa shape index (κ3) is 5.52. The lowest BCUT2D eigenvalue weighted by atomic mass is 10.2. The van der Waals surface area contributed by atoms with E-state index in [9.17, 15) is 4.79 Å². The Balaban J connectivity index is 2.08. The van der Waals surface area contributed by atoms with Crippen molar-refractivity contribution in [3.05, 3.63) is 51.5 Å². The van der Waals surface area contributed by atoms with Crippen LogP contribution in [-0.2, 0) is 0 Å². The third-order valence-corrected chi connectivity index (χ3v) is 4.05. The maximum absolute atomic E-state index is 12.3. The molecule has 1 amide bonds. The zero-order valence-corrected chi connectivity index (χ0v) is 16.7. The van der Waals surface area contributed by atoms with Crippen LogP contribution in [0.1, 0.15) is 29.3 Å². The summed E-state index contributed by atoms with van der Waals surface area (Å²) < 4.78 is 15.9. The topological polar surface area (TPSA) is 69.2 Å². The maximum atomic E-state index is 12.3. The van der Waals surface area contributed by atoms with E-state index in [1.165, 1.54) is 20.4 Å². The summed E-state index contributed by atoms with van der Waals surface area (Å²) in [5, 5.41) is 4.63. The second-order valence-electron chi connectivity index (χ2n) is 5.43. The third-order valence-electron chi connectivity index (χ3n) is 3.49. The first-order valence-corrected chi connectivity index (χ1v) is 8.93. The Morgan fingerprint density at radius 2 is 1.81 bits per heavy atom. The standard InChI is InChI=1S/C19H20Cl2N2O4/c1-4-7-27-16-6-5-13(10-17(16)25-2)19(24)23-22-11-12-8-14(20)18(26-3)15(21)9-12/h5-6,8-11H,4,7H2,1-3H3,(H,23,24)/b22-11+. The Hall–Kier alpha value is -2.44. The molecule has 0 fully saturated rings. The van der Waals surface area contributed by atoms with Crippen molar-refractivity contribution in [2.75, 3.05) is 20.8 Å². The van der Waals surface area contributed by atoms with Gasteiger partial charge in [-0.1, -0.05) is 30.1 Å². The highest BCUT2D eigenvalue weighted by Gasteiger charge is 2.11. The zero-order chi connectivity index (χ0) is 19.8. The van der Waals surface area contributed by atoms with Crippen molar-refractivity contribution in [1.29, 1.82) is 0 Å². The summed E-state index contributed by atoms with van der Waals surface area (Å²) in [4.78, 5) is 12.3. The summed E-state index contributed by atoms with van der Waals surface area (Å²) in [6.45, 7) is 2.58. The summed E-state index contributed by atoms with van der Waals surface area (Å²) in [6.07, 6.45) is 2.31. The number of nitrogens with one attached hydrogen (secondary N) is 1. The van der Waals surface area contributed by atoms with E-state index >= 15 is 0 Å². The van der Waals surface area contributed by atoms with Gasteiger partial charge < -0.3 is 14.2 Å². The summed E-state index contributed by atoms with van der Waals surface area (Å²) in [5.74, 6) is 1.06. The molecule has 2 rings (SSSR count). The second kappa shape index (κ2) is 10.0. The van der Waals surface area contributed by atoms with Gasteiger partial charge >= 0.3 is 0 Å². The smallest absolute Gasteiger partial charge is 0.271 e. The fourth-order valence-electron chi connectivity index (χ4n) is 2.22. The van der Waals surface area contributed by atoms with E-state index in [-0.39, 0.29) is 0 Å². The van der Waals surface area contributed by atoms with Crippen molar-refractivity contribution in [3.63, 3.8) is 0 Å². The van der Waals surface area contributed by atoms with Crippen molar-refractivity contribution in [1.82, 2.24) is 5.43 Å². The molecule has 0 unspecified atom stereocenters. The minimum atomic E-state index is -0.391. The fourth-order valence-corrected chi connectivity index (χ4v) is 2.88. The van der Waals surface area contributed by atoms with E-state index in [4.69, 9.17) is 37.4 Å². The van der Waals surface area contributed by atoms with Crippen LogP contribution in [0.3, 0.4) is 0 Å². The first-order chi connectivity index (χ1) is 13.0. The van der Waals surface area contributed by atoms with Gasteiger partial charge in [0.05, 0.1) is 37.1 Å². The number of hydrogen-bond acceptors (Lipinski definition) is 5. The highest BCUT2D eigenvalue weighted by molar-refractivity contribution is 6.37. The number of carbonyl (C=O) groups is 1. The average molecular weight is 411 g/mol. The van der Waals surface area contributed by atoms with E-state index in [0.29, 0.717) is 45.0 Å². The van der Waals surface area contributed by atoms with Crippen LogP contribution < -0.4 is 19.6 Å². The number of rotatable bonds is 8. The van der Waals surface area contributed by atoms with E-state index in [2.05, 4.69) is 10.5 Å². The minimum Gasteiger partial charge on any atom is -0.494 e. The van der Waals surface area contributed by atoms with Gasteiger partial charge in [-0.15, -0.1) is 0 Å². The summed E-state index contributed by atoms with van der Waals surface area (Å²) in [7, 11) is 3.00. The predicted octanol–water partition coefficient (Wildman–Crippen LogP) is 4.56. The Kier molecular flexibility index (Phi) is 7.76. The van der Waals surface area contributed by atoms with Crippen molar-refractivity contribution in [2.45, 2.75) is 13.3 Å². The number of amides is 1. The lowest BCUT2D eigenvalue weighted by Gasteiger charge is -2.11. The lowest BCUT2D eigenvalue weighted by molar-refractivity contribution is 0.0954. The molecule has 27 heavy (non-hydrogen) atoms. The van der Waals surface area contributed by atoms with Crippen LogP contribution in [0.25, 0.3) is 0 Å². The van der Waals surface area contributed by atoms with Gasteiger partial charge in [-0.2, -0.15) is 5.10 Å². The van der Waals surface area contributed by atoms with Crippen LogP contribution >= 0.6 is 23.2 Å². The molecule has 0 aliphatic carbocycles. The molecule has 0 saturated carbocycles. The van der Waals surface area contributed by atoms with E-state index in [0.717, 1.165) is 6.42 Å². The highest BCUT2D eigenvalue weighted by Crippen LogP contribution is 2.33. The molecular formula is C19H20Cl2N2O4. The van der Waals surface area contributed by atoms with Gasteiger partial charge in [-0.25, -0.2) is 5.43 Å². The van der Waals surface area contributed by atoms with Crippen LogP contribution in [-0.4, -0.2) is 32.9 Å². The van der Waals surface area contributed by atoms with E-state index < -0.39 is 5.91 Å². The van der Waals surface area contributed by atoms with Gasteiger partial charge in [-0.3, -0.25) is 4.79 Å². The monoisotopic (exact) mass is 410 g/mol. The van der Waals surface area contributed by atoms with Crippen molar-refractivity contribution in [2.24, 2.45) is 5.10 Å². The molecule has 0 bridgehead atoms. The van der Waals surface area contributed by atoms with Crippen LogP contribution in [0.5, 0.6) is 17.2 Å². The zero-order valence-electron chi connectivity index (χ0n) is 15.2. The Labute approximate surface area is 168 Å². The molecule has 0 heterocycles. The number of benzene rings is 2. The Morgan fingerprint density at radius 1 is 1.11 bits per heavy atom. The number of hydrogen-bond donors (Lipinski definition) is 1. The lowest BCUT2D eigenvalue weighted by Crippen LogP contribution is -2.17. The molecule has 0 spiro atoms. The van der Waals surface area contributed by atoms with Gasteiger partial charge in [0.15, 0.2) is 17.2 Å². The largest absolute Gasteiger partial charge is 0.494 e. The van der Waals surface area contributed by atoms with Crippen LogP contribution in [0, 0.1) is 0 Å². The number of methoxy groups -OCH3 is 2. The number of halogens is 2. The van der Waals surface area contributed by atoms with Crippen molar-refractivity contribution in [3.8, 4) is 17.2 Å². The first-order valence-electron chi connectivity index (χ1n) is 8.17. The molecule has 0 saturated heterocycles. The molecule has 0 aliphatic heterocycles. The molecule has 2 aromatic rings. The normalized spacial score (nSPS) is 10.7. The van der Waals surface area contributed by atoms with Crippen LogP contribution in [0.4, 0.5) is 0 Å². The minimum absolute atomic E-state index is 0.352. The number of carbonyl (C=O) groups excluding carboxylic acids is 1. The van der Waals surface area contributed by atoms with Crippen LogP contribution in [0.2, 0.25) is 10.0 Å². The molecule has 1 N–H and O–H groups in total. The summed E-state index contributed by atoms with van der Waals surface area (Å²) in [5.41, 5.74) is 3.45. The van der Waals surface area contributed by atoms with Gasteiger partial charge in [0.25, 0.3) is 5.91 Å². The molecule has 0 atom stereocenters. The van der Waals surface area contributed by atoms with Gasteiger partial charge in [0, 0.05) is 5.56 Å². The van der Waals surface area contributed by atoms with Crippen LogP contribution in [0.15, 0.2) is 35.4 Å². The first kappa shape index (κ1) is 20.9. The summed E-state index contributed by atoms with van der Waals surface area (Å²) in [6, 6.07) is 8.18. The average Bonchev–Trinajstić information content (AvgIpc) is 2.66. The number of nitrogens with zero attached hydrogens (tertiary/aromatic N) is 1. The molecule has 2 aromatic carbocycles. The molecule has 6 nitrogen and oxygen atoms in total. The molecule has 8 heteroatoms. The van der Waals surface area contributed by atoms with Gasteiger partial charge in [0.2, 0.25) is 0 Å². The molecule has 144 valence electrons. The highest BCUT2D eigenvalue weighted by atomic mass is 35.5. The van der Waals surface area contributed by atoms with Gasteiger partial charge in [-0.05, 0) is 42.3 Å². The Morgan fingerprint density at radius 3 is 2.41 bits per heavy atom. The fraction of sp³-hybridized carbons (Fsp3) is 0.263. The quantitative estimate of drug-likeness (QED) is 0.511. The van der Waals surface area contributed by atoms with E-state index in [1.807, 2.05) is 6.92 Å². The molecule has 0 aliphatic rings. The van der Waals surface area contributed by atoms with Crippen molar-refractivity contribution >= 4 is 35.3 Å². The van der Waals surface area contributed by atoms with Crippen molar-refractivity contribution < 1.29 is 19.0 Å². The predicted molar refractivity (Wildman–Crippen MR) is 107 cm³/mol. The molecular weight excluding hydrogens is 391 g/mol. The summed E-state index contributed by atoms with van der Waals surface area (Å²) >= 11 is 12.1. The number of ether oxygens (including phenoxy) is 3. The van der Waals surface area contributed by atoms with E-state index in [1.54, 1.807) is 30.3 Å². The molecule has 0 radical (unpaired) electrons. The Bertz CT molecular complexity index is 817. The number of hydrazone groups is 1. The maximum Gasteiger partial charge on any atom is 0.271 e. The molecule has 0 aromatic heterocycles. The second-order valence-corrected chi connectivity index (χ2v) is 6.25. The van der Waals surface area contributed by atoms with Gasteiger partial charge in [0.1, 0.15) is 0 Å². The SMILES string of the molecule is CCCOc1ccc(C(=O)N/N=C/c2cc(Cl)c(OC)c(Cl)c2)cc1OC.